The Balaban J connectivity index is 1.77. The first-order valence-electron chi connectivity index (χ1n) is 6.26. The number of nitrogens with zero attached hydrogens (tertiary/aromatic N) is 2. The minimum absolute atomic E-state index is 0.787. The van der Waals surface area contributed by atoms with Gasteiger partial charge in [-0.15, -0.1) is 0 Å². The summed E-state index contributed by atoms with van der Waals surface area (Å²) >= 11 is 0. The zero-order valence-electron chi connectivity index (χ0n) is 10.4. The van der Waals surface area contributed by atoms with Gasteiger partial charge in [0.2, 0.25) is 0 Å². The maximum atomic E-state index is 3.49. The summed E-state index contributed by atoms with van der Waals surface area (Å²) in [7, 11) is 4.40. The first kappa shape index (κ1) is 11.4. The van der Waals surface area contributed by atoms with Gasteiger partial charge in [-0.25, -0.2) is 0 Å². The van der Waals surface area contributed by atoms with Crippen molar-refractivity contribution in [3.8, 4) is 0 Å². The third-order valence-corrected chi connectivity index (χ3v) is 4.15. The van der Waals surface area contributed by atoms with E-state index < -0.39 is 0 Å². The van der Waals surface area contributed by atoms with E-state index in [4.69, 9.17) is 0 Å². The smallest absolute Gasteiger partial charge is 0.0229 e. The number of hydrogen-bond donors (Lipinski definition) is 1. The van der Waals surface area contributed by atoms with E-state index in [2.05, 4.69) is 36.1 Å². The highest BCUT2D eigenvalue weighted by Gasteiger charge is 2.29. The van der Waals surface area contributed by atoms with E-state index in [1.807, 2.05) is 0 Å². The van der Waals surface area contributed by atoms with E-state index in [0.717, 1.165) is 17.9 Å². The Morgan fingerprint density at radius 3 is 2.67 bits per heavy atom. The zero-order chi connectivity index (χ0) is 10.8. The van der Waals surface area contributed by atoms with Crippen LogP contribution in [0.4, 0.5) is 0 Å². The van der Waals surface area contributed by atoms with Crippen LogP contribution >= 0.6 is 0 Å². The summed E-state index contributed by atoms with van der Waals surface area (Å²) < 4.78 is 0. The lowest BCUT2D eigenvalue weighted by Crippen LogP contribution is -2.35. The summed E-state index contributed by atoms with van der Waals surface area (Å²) in [6, 6.07) is 0.787. The van der Waals surface area contributed by atoms with Crippen molar-refractivity contribution in [3.05, 3.63) is 0 Å². The Kier molecular flexibility index (Phi) is 3.65. The molecule has 0 aromatic rings. The molecule has 3 heteroatoms. The summed E-state index contributed by atoms with van der Waals surface area (Å²) in [6.45, 7) is 8.70. The highest BCUT2D eigenvalue weighted by atomic mass is 15.2. The standard InChI is InChI=1S/C12H25N3/c1-10-6-13-7-11(10)8-15-5-4-12(9-15)14(2)3/h10-13H,4-9H2,1-3H3. The Labute approximate surface area is 93.8 Å². The predicted molar refractivity (Wildman–Crippen MR) is 64.1 cm³/mol. The van der Waals surface area contributed by atoms with Crippen LogP contribution in [0.1, 0.15) is 13.3 Å². The Bertz CT molecular complexity index is 205. The predicted octanol–water partition coefficient (Wildman–Crippen LogP) is 0.478. The van der Waals surface area contributed by atoms with Gasteiger partial charge in [-0.05, 0) is 52.0 Å². The van der Waals surface area contributed by atoms with Gasteiger partial charge in [0.1, 0.15) is 0 Å². The maximum Gasteiger partial charge on any atom is 0.0229 e. The fourth-order valence-corrected chi connectivity index (χ4v) is 2.84. The molecule has 3 atom stereocenters. The molecule has 0 aromatic heterocycles. The van der Waals surface area contributed by atoms with E-state index in [1.165, 1.54) is 39.1 Å². The molecule has 2 rings (SSSR count). The van der Waals surface area contributed by atoms with Crippen LogP contribution in [-0.4, -0.2) is 62.7 Å². The number of rotatable bonds is 3. The monoisotopic (exact) mass is 211 g/mol. The maximum absolute atomic E-state index is 3.49. The van der Waals surface area contributed by atoms with Crippen LogP contribution < -0.4 is 5.32 Å². The summed E-state index contributed by atoms with van der Waals surface area (Å²) in [6.07, 6.45) is 1.35. The second-order valence-corrected chi connectivity index (χ2v) is 5.56. The van der Waals surface area contributed by atoms with E-state index >= 15 is 0 Å². The van der Waals surface area contributed by atoms with Crippen LogP contribution in [0.15, 0.2) is 0 Å². The number of likely N-dealkylation sites (tertiary alicyclic amines) is 1. The highest BCUT2D eigenvalue weighted by Crippen LogP contribution is 2.20. The first-order chi connectivity index (χ1) is 7.16. The molecule has 2 aliphatic rings. The van der Waals surface area contributed by atoms with Crippen LogP contribution in [0.2, 0.25) is 0 Å². The van der Waals surface area contributed by atoms with Gasteiger partial charge in [0.25, 0.3) is 0 Å². The molecule has 2 saturated heterocycles. The summed E-state index contributed by atoms with van der Waals surface area (Å²) in [5.74, 6) is 1.74. The molecule has 2 heterocycles. The first-order valence-corrected chi connectivity index (χ1v) is 6.26. The highest BCUT2D eigenvalue weighted by molar-refractivity contribution is 4.86. The van der Waals surface area contributed by atoms with E-state index in [9.17, 15) is 0 Å². The van der Waals surface area contributed by atoms with Crippen molar-refractivity contribution in [1.82, 2.24) is 15.1 Å². The Morgan fingerprint density at radius 1 is 1.33 bits per heavy atom. The van der Waals surface area contributed by atoms with Gasteiger partial charge in [-0.2, -0.15) is 0 Å². The van der Waals surface area contributed by atoms with Gasteiger partial charge in [0.15, 0.2) is 0 Å². The molecule has 0 spiro atoms. The Hall–Kier alpha value is -0.120. The van der Waals surface area contributed by atoms with Crippen LogP contribution in [0.25, 0.3) is 0 Å². The molecule has 88 valence electrons. The molecule has 0 aromatic carbocycles. The topological polar surface area (TPSA) is 18.5 Å². The molecule has 2 fully saturated rings. The fourth-order valence-electron chi connectivity index (χ4n) is 2.84. The van der Waals surface area contributed by atoms with E-state index in [0.29, 0.717) is 0 Å². The molecular weight excluding hydrogens is 186 g/mol. The van der Waals surface area contributed by atoms with Crippen molar-refractivity contribution in [2.45, 2.75) is 19.4 Å². The van der Waals surface area contributed by atoms with Crippen molar-refractivity contribution in [2.75, 3.05) is 46.8 Å². The van der Waals surface area contributed by atoms with Crippen LogP contribution in [0.3, 0.4) is 0 Å². The average Bonchev–Trinajstić information content (AvgIpc) is 2.77. The number of likely N-dealkylation sites (N-methyl/N-ethyl adjacent to an activating group) is 1. The van der Waals surface area contributed by atoms with Gasteiger partial charge in [0, 0.05) is 19.1 Å². The Morgan fingerprint density at radius 2 is 2.13 bits per heavy atom. The van der Waals surface area contributed by atoms with Gasteiger partial charge in [-0.3, -0.25) is 0 Å². The molecule has 3 unspecified atom stereocenters. The van der Waals surface area contributed by atoms with Gasteiger partial charge < -0.3 is 15.1 Å². The lowest BCUT2D eigenvalue weighted by Gasteiger charge is -2.24. The van der Waals surface area contributed by atoms with Gasteiger partial charge >= 0.3 is 0 Å². The average molecular weight is 211 g/mol. The van der Waals surface area contributed by atoms with Crippen molar-refractivity contribution in [2.24, 2.45) is 11.8 Å². The van der Waals surface area contributed by atoms with E-state index in [1.54, 1.807) is 0 Å². The quantitative estimate of drug-likeness (QED) is 0.732. The summed E-state index contributed by atoms with van der Waals surface area (Å²) in [5, 5.41) is 3.49. The molecule has 2 aliphatic heterocycles. The molecule has 0 aliphatic carbocycles. The van der Waals surface area contributed by atoms with Crippen molar-refractivity contribution in [3.63, 3.8) is 0 Å². The van der Waals surface area contributed by atoms with Gasteiger partial charge in [0.05, 0.1) is 0 Å². The summed E-state index contributed by atoms with van der Waals surface area (Å²) in [5.41, 5.74) is 0. The SMILES string of the molecule is CC1CNCC1CN1CCC(N(C)C)C1. The molecule has 0 saturated carbocycles. The molecule has 1 N–H and O–H groups in total. The largest absolute Gasteiger partial charge is 0.316 e. The molecule has 3 nitrogen and oxygen atoms in total. The molecule has 0 amide bonds. The number of hydrogen-bond acceptors (Lipinski definition) is 3. The van der Waals surface area contributed by atoms with Crippen molar-refractivity contribution < 1.29 is 0 Å². The van der Waals surface area contributed by atoms with E-state index in [-0.39, 0.29) is 0 Å². The van der Waals surface area contributed by atoms with Crippen molar-refractivity contribution >= 4 is 0 Å². The van der Waals surface area contributed by atoms with Crippen LogP contribution in [-0.2, 0) is 0 Å². The summed E-state index contributed by atoms with van der Waals surface area (Å²) in [4.78, 5) is 5.02. The second-order valence-electron chi connectivity index (χ2n) is 5.56. The third kappa shape index (κ3) is 2.71. The minimum Gasteiger partial charge on any atom is -0.316 e. The lowest BCUT2D eigenvalue weighted by molar-refractivity contribution is 0.232. The lowest BCUT2D eigenvalue weighted by atomic mass is 9.98. The van der Waals surface area contributed by atoms with Crippen LogP contribution in [0, 0.1) is 11.8 Å². The number of nitrogens with one attached hydrogen (secondary N) is 1. The molecule has 0 radical (unpaired) electrons. The van der Waals surface area contributed by atoms with Gasteiger partial charge in [-0.1, -0.05) is 6.92 Å². The third-order valence-electron chi connectivity index (χ3n) is 4.15. The molecule has 0 bridgehead atoms. The molecular formula is C12H25N3. The normalized spacial score (nSPS) is 38.0. The fraction of sp³-hybridized carbons (Fsp3) is 1.00. The van der Waals surface area contributed by atoms with Crippen LogP contribution in [0.5, 0.6) is 0 Å². The van der Waals surface area contributed by atoms with Crippen molar-refractivity contribution in [1.29, 1.82) is 0 Å². The minimum atomic E-state index is 0.787. The zero-order valence-corrected chi connectivity index (χ0v) is 10.4. The molecule has 15 heavy (non-hydrogen) atoms. The second kappa shape index (κ2) is 4.81.